The lowest BCUT2D eigenvalue weighted by Crippen LogP contribution is -2.52. The highest BCUT2D eigenvalue weighted by atomic mass is 14.6. The van der Waals surface area contributed by atoms with Gasteiger partial charge in [0, 0.05) is 0 Å². The van der Waals surface area contributed by atoms with Gasteiger partial charge in [0.1, 0.15) is 0 Å². The molecule has 0 aromatic carbocycles. The van der Waals surface area contributed by atoms with Crippen molar-refractivity contribution in [2.75, 3.05) is 0 Å². The molecule has 2 saturated carbocycles. The van der Waals surface area contributed by atoms with Gasteiger partial charge in [-0.05, 0) is 60.2 Å². The van der Waals surface area contributed by atoms with Gasteiger partial charge in [-0.25, -0.2) is 0 Å². The zero-order chi connectivity index (χ0) is 12.8. The molecule has 0 heterocycles. The average molecular weight is 236 g/mol. The summed E-state index contributed by atoms with van der Waals surface area (Å²) in [7, 11) is 0. The maximum atomic E-state index is 2.56. The third-order valence-electron chi connectivity index (χ3n) is 6.86. The average Bonchev–Trinajstić information content (AvgIpc) is 2.28. The molecule has 0 amide bonds. The van der Waals surface area contributed by atoms with Gasteiger partial charge < -0.3 is 0 Å². The molecule has 100 valence electrons. The van der Waals surface area contributed by atoms with Gasteiger partial charge >= 0.3 is 0 Å². The molecule has 0 radical (unpaired) electrons. The van der Waals surface area contributed by atoms with Crippen LogP contribution < -0.4 is 0 Å². The molecular formula is C17H32. The Hall–Kier alpha value is 0. The minimum atomic E-state index is 0.648. The van der Waals surface area contributed by atoms with Gasteiger partial charge in [-0.3, -0.25) is 0 Å². The Morgan fingerprint density at radius 1 is 0.765 bits per heavy atom. The molecule has 7 atom stereocenters. The maximum Gasteiger partial charge on any atom is -0.0213 e. The van der Waals surface area contributed by atoms with E-state index in [1.165, 1.54) is 25.7 Å². The van der Waals surface area contributed by atoms with E-state index in [0.717, 1.165) is 35.5 Å². The maximum absolute atomic E-state index is 2.56. The second-order valence-electron chi connectivity index (χ2n) is 7.67. The van der Waals surface area contributed by atoms with E-state index in [2.05, 4.69) is 41.5 Å². The van der Waals surface area contributed by atoms with Crippen molar-refractivity contribution in [3.05, 3.63) is 0 Å². The predicted octanol–water partition coefficient (Wildman–Crippen LogP) is 5.38. The fourth-order valence-electron chi connectivity index (χ4n) is 5.45. The Morgan fingerprint density at radius 2 is 1.29 bits per heavy atom. The van der Waals surface area contributed by atoms with Crippen molar-refractivity contribution in [2.24, 2.45) is 40.9 Å². The van der Waals surface area contributed by atoms with E-state index >= 15 is 0 Å². The number of hydrogen-bond donors (Lipinski definition) is 0. The summed E-state index contributed by atoms with van der Waals surface area (Å²) >= 11 is 0. The first-order valence-corrected chi connectivity index (χ1v) is 7.89. The van der Waals surface area contributed by atoms with Crippen molar-refractivity contribution in [3.8, 4) is 0 Å². The number of rotatable bonds is 0. The Balaban J connectivity index is 2.35. The lowest BCUT2D eigenvalue weighted by Gasteiger charge is -2.59. The second-order valence-corrected chi connectivity index (χ2v) is 7.67. The molecule has 0 bridgehead atoms. The lowest BCUT2D eigenvalue weighted by atomic mass is 9.46. The van der Waals surface area contributed by atoms with Gasteiger partial charge in [0.2, 0.25) is 0 Å². The lowest BCUT2D eigenvalue weighted by molar-refractivity contribution is -0.105. The third-order valence-corrected chi connectivity index (χ3v) is 6.86. The highest BCUT2D eigenvalue weighted by Crippen LogP contribution is 2.60. The van der Waals surface area contributed by atoms with Gasteiger partial charge in [-0.1, -0.05) is 48.0 Å². The van der Waals surface area contributed by atoms with Crippen LogP contribution in [0.15, 0.2) is 0 Å². The van der Waals surface area contributed by atoms with Crippen molar-refractivity contribution in [3.63, 3.8) is 0 Å². The summed E-state index contributed by atoms with van der Waals surface area (Å²) in [5.41, 5.74) is 0.648. The summed E-state index contributed by atoms with van der Waals surface area (Å²) < 4.78 is 0. The van der Waals surface area contributed by atoms with Crippen LogP contribution in [0.3, 0.4) is 0 Å². The normalized spacial score (nSPS) is 56.1. The molecule has 1 spiro atoms. The zero-order valence-corrected chi connectivity index (χ0v) is 12.8. The van der Waals surface area contributed by atoms with Crippen LogP contribution in [-0.2, 0) is 0 Å². The standard InChI is InChI=1S/C17H32/c1-11-7-8-14(4)17(10-11)15(5)12(2)9-13(3)16(17)6/h11-16H,7-10H2,1-6H3/t11?,12?,13?,14?,15-,16?,17?/m1/s1. The number of hydrogen-bond acceptors (Lipinski definition) is 0. The first-order valence-electron chi connectivity index (χ1n) is 7.89. The van der Waals surface area contributed by atoms with E-state index in [4.69, 9.17) is 0 Å². The summed E-state index contributed by atoms with van der Waals surface area (Å²) in [5.74, 6) is 5.59. The Labute approximate surface area is 109 Å². The van der Waals surface area contributed by atoms with Crippen LogP contribution in [0.25, 0.3) is 0 Å². The van der Waals surface area contributed by atoms with Gasteiger partial charge in [-0.2, -0.15) is 0 Å². The van der Waals surface area contributed by atoms with Crippen molar-refractivity contribution >= 4 is 0 Å². The fourth-order valence-corrected chi connectivity index (χ4v) is 5.45. The molecule has 0 nitrogen and oxygen atoms in total. The van der Waals surface area contributed by atoms with Crippen LogP contribution in [0.4, 0.5) is 0 Å². The van der Waals surface area contributed by atoms with Gasteiger partial charge in [0.05, 0.1) is 0 Å². The molecular weight excluding hydrogens is 204 g/mol. The molecule has 0 N–H and O–H groups in total. The SMILES string of the molecule is CC1CCC(C)C2(C1)C(C)C(C)CC(C)[C@H]2C. The molecule has 0 aromatic rings. The van der Waals surface area contributed by atoms with Crippen LogP contribution in [0.1, 0.15) is 67.2 Å². The second kappa shape index (κ2) is 4.59. The third kappa shape index (κ3) is 1.96. The highest BCUT2D eigenvalue weighted by Gasteiger charge is 2.53. The van der Waals surface area contributed by atoms with Crippen molar-refractivity contribution < 1.29 is 0 Å². The van der Waals surface area contributed by atoms with Crippen molar-refractivity contribution in [1.29, 1.82) is 0 Å². The fraction of sp³-hybridized carbons (Fsp3) is 1.00. The molecule has 2 aliphatic carbocycles. The van der Waals surface area contributed by atoms with Gasteiger partial charge in [0.15, 0.2) is 0 Å². The Morgan fingerprint density at radius 3 is 1.82 bits per heavy atom. The minimum Gasteiger partial charge on any atom is -0.0625 e. The summed E-state index contributed by atoms with van der Waals surface area (Å²) in [6.07, 6.45) is 5.87. The van der Waals surface area contributed by atoms with E-state index in [0.29, 0.717) is 5.41 Å². The molecule has 17 heavy (non-hydrogen) atoms. The monoisotopic (exact) mass is 236 g/mol. The van der Waals surface area contributed by atoms with E-state index < -0.39 is 0 Å². The van der Waals surface area contributed by atoms with Crippen LogP contribution in [0.5, 0.6) is 0 Å². The summed E-state index contributed by atoms with van der Waals surface area (Å²) in [6, 6.07) is 0. The highest BCUT2D eigenvalue weighted by molar-refractivity contribution is 5.02. The molecule has 6 unspecified atom stereocenters. The van der Waals surface area contributed by atoms with Crippen LogP contribution in [0, 0.1) is 40.9 Å². The van der Waals surface area contributed by atoms with Crippen LogP contribution in [0.2, 0.25) is 0 Å². The Kier molecular flexibility index (Phi) is 3.63. The van der Waals surface area contributed by atoms with E-state index in [-0.39, 0.29) is 0 Å². The molecule has 2 rings (SSSR count). The summed E-state index contributed by atoms with van der Waals surface area (Å²) in [6.45, 7) is 15.1. The van der Waals surface area contributed by atoms with Crippen molar-refractivity contribution in [1.82, 2.24) is 0 Å². The molecule has 0 saturated heterocycles. The molecule has 0 aromatic heterocycles. The largest absolute Gasteiger partial charge is 0.0625 e. The predicted molar refractivity (Wildman–Crippen MR) is 75.9 cm³/mol. The smallest absolute Gasteiger partial charge is 0.0213 e. The minimum absolute atomic E-state index is 0.648. The van der Waals surface area contributed by atoms with Crippen LogP contribution in [-0.4, -0.2) is 0 Å². The quantitative estimate of drug-likeness (QED) is 0.530. The Bertz CT molecular complexity index is 253. The van der Waals surface area contributed by atoms with Gasteiger partial charge in [0.25, 0.3) is 0 Å². The van der Waals surface area contributed by atoms with E-state index in [1.807, 2.05) is 0 Å². The summed E-state index contributed by atoms with van der Waals surface area (Å²) in [5, 5.41) is 0. The first-order chi connectivity index (χ1) is 7.89. The van der Waals surface area contributed by atoms with Crippen LogP contribution >= 0.6 is 0 Å². The van der Waals surface area contributed by atoms with E-state index in [9.17, 15) is 0 Å². The topological polar surface area (TPSA) is 0 Å². The molecule has 2 fully saturated rings. The summed E-state index contributed by atoms with van der Waals surface area (Å²) in [4.78, 5) is 0. The van der Waals surface area contributed by atoms with E-state index in [1.54, 1.807) is 0 Å². The van der Waals surface area contributed by atoms with Gasteiger partial charge in [-0.15, -0.1) is 0 Å². The molecule has 2 aliphatic rings. The van der Waals surface area contributed by atoms with Crippen molar-refractivity contribution in [2.45, 2.75) is 67.2 Å². The molecule has 0 aliphatic heterocycles. The zero-order valence-electron chi connectivity index (χ0n) is 12.8. The molecule has 0 heteroatoms. The first kappa shape index (κ1) is 13.4.